The van der Waals surface area contributed by atoms with Crippen LogP contribution >= 0.6 is 0 Å². The molecule has 0 aromatic carbocycles. The molecule has 0 bridgehead atoms. The van der Waals surface area contributed by atoms with E-state index in [2.05, 4.69) is 26.3 Å². The average molecular weight is 278 g/mol. The first kappa shape index (κ1) is 18.9. The maximum atomic E-state index is 10.4. The molecule has 2 nitrogen and oxygen atoms in total. The maximum Gasteiger partial charge on any atom is 0.185 e. The lowest BCUT2D eigenvalue weighted by Gasteiger charge is -2.29. The molecule has 0 saturated carbocycles. The van der Waals surface area contributed by atoms with Gasteiger partial charge in [0, 0.05) is 6.42 Å². The standard InChI is InChI=1S/C18H30O2/c1-5-9-11-13-15-17(7-3)20-18(19,8-4)16-14-12-10-6-2/h5-8,17,19H,1-4,9-16H2. The first-order chi connectivity index (χ1) is 9.61. The number of unbranched alkanes of at least 4 members (excludes halogenated alkanes) is 4. The second kappa shape index (κ2) is 11.7. The third-order valence-electron chi connectivity index (χ3n) is 3.28. The Morgan fingerprint density at radius 2 is 1.55 bits per heavy atom. The van der Waals surface area contributed by atoms with E-state index >= 15 is 0 Å². The van der Waals surface area contributed by atoms with Gasteiger partial charge in [-0.15, -0.1) is 19.7 Å². The fourth-order valence-electron chi connectivity index (χ4n) is 2.00. The van der Waals surface area contributed by atoms with Crippen LogP contribution in [0.4, 0.5) is 0 Å². The van der Waals surface area contributed by atoms with E-state index in [0.717, 1.165) is 44.9 Å². The van der Waals surface area contributed by atoms with Crippen LogP contribution in [0.2, 0.25) is 0 Å². The molecule has 0 aromatic rings. The molecule has 114 valence electrons. The van der Waals surface area contributed by atoms with Crippen molar-refractivity contribution in [2.24, 2.45) is 0 Å². The number of ether oxygens (including phenoxy) is 1. The molecule has 2 heteroatoms. The number of allylic oxidation sites excluding steroid dienone is 2. The van der Waals surface area contributed by atoms with Crippen molar-refractivity contribution in [1.82, 2.24) is 0 Å². The van der Waals surface area contributed by atoms with E-state index in [4.69, 9.17) is 4.74 Å². The molecule has 1 N–H and O–H groups in total. The molecule has 0 aliphatic carbocycles. The van der Waals surface area contributed by atoms with E-state index in [9.17, 15) is 5.11 Å². The number of rotatable bonds is 14. The first-order valence-corrected chi connectivity index (χ1v) is 7.50. The molecule has 0 aliphatic heterocycles. The zero-order valence-electron chi connectivity index (χ0n) is 12.7. The van der Waals surface area contributed by atoms with Crippen LogP contribution in [0, 0.1) is 0 Å². The zero-order chi connectivity index (χ0) is 15.3. The highest BCUT2D eigenvalue weighted by molar-refractivity contribution is 4.92. The van der Waals surface area contributed by atoms with E-state index in [1.54, 1.807) is 6.08 Å². The van der Waals surface area contributed by atoms with Crippen LogP contribution in [-0.4, -0.2) is 17.0 Å². The van der Waals surface area contributed by atoms with Crippen molar-refractivity contribution in [3.8, 4) is 0 Å². The van der Waals surface area contributed by atoms with Gasteiger partial charge in [-0.1, -0.05) is 31.2 Å². The fourth-order valence-corrected chi connectivity index (χ4v) is 2.00. The molecule has 2 unspecified atom stereocenters. The molecule has 0 amide bonds. The van der Waals surface area contributed by atoms with Gasteiger partial charge in [-0.05, 0) is 44.6 Å². The van der Waals surface area contributed by atoms with E-state index < -0.39 is 5.79 Å². The van der Waals surface area contributed by atoms with E-state index in [-0.39, 0.29) is 6.10 Å². The smallest absolute Gasteiger partial charge is 0.185 e. The second-order valence-electron chi connectivity index (χ2n) is 5.05. The van der Waals surface area contributed by atoms with Gasteiger partial charge in [0.1, 0.15) is 0 Å². The molecule has 0 aliphatic rings. The highest BCUT2D eigenvalue weighted by Crippen LogP contribution is 2.22. The van der Waals surface area contributed by atoms with Crippen molar-refractivity contribution in [2.45, 2.75) is 63.3 Å². The predicted molar refractivity (Wildman–Crippen MR) is 87.5 cm³/mol. The summed E-state index contributed by atoms with van der Waals surface area (Å²) in [5.74, 6) is -1.25. The quantitative estimate of drug-likeness (QED) is 0.277. The molecule has 0 fully saturated rings. The summed E-state index contributed by atoms with van der Waals surface area (Å²) in [4.78, 5) is 0. The number of hydrogen-bond acceptors (Lipinski definition) is 2. The molecule has 0 radical (unpaired) electrons. The maximum absolute atomic E-state index is 10.4. The van der Waals surface area contributed by atoms with Gasteiger partial charge in [0.25, 0.3) is 0 Å². The highest BCUT2D eigenvalue weighted by atomic mass is 16.6. The third kappa shape index (κ3) is 8.89. The Labute approximate surface area is 124 Å². The van der Waals surface area contributed by atoms with Gasteiger partial charge in [-0.3, -0.25) is 0 Å². The van der Waals surface area contributed by atoms with Crippen molar-refractivity contribution in [3.63, 3.8) is 0 Å². The summed E-state index contributed by atoms with van der Waals surface area (Å²) in [7, 11) is 0. The Hall–Kier alpha value is -1.12. The monoisotopic (exact) mass is 278 g/mol. The molecule has 0 rings (SSSR count). The first-order valence-electron chi connectivity index (χ1n) is 7.50. The van der Waals surface area contributed by atoms with Crippen LogP contribution in [0.5, 0.6) is 0 Å². The molecule has 0 aromatic heterocycles. The number of hydrogen-bond donors (Lipinski definition) is 1. The minimum absolute atomic E-state index is 0.137. The lowest BCUT2D eigenvalue weighted by atomic mass is 10.1. The molecule has 0 heterocycles. The molecule has 2 atom stereocenters. The Morgan fingerprint density at radius 3 is 2.05 bits per heavy atom. The second-order valence-corrected chi connectivity index (χ2v) is 5.05. The topological polar surface area (TPSA) is 29.5 Å². The predicted octanol–water partition coefficient (Wildman–Crippen LogP) is 4.93. The van der Waals surface area contributed by atoms with Gasteiger partial charge in [0.2, 0.25) is 0 Å². The van der Waals surface area contributed by atoms with Gasteiger partial charge < -0.3 is 9.84 Å². The van der Waals surface area contributed by atoms with E-state index in [1.807, 2.05) is 12.2 Å². The lowest BCUT2D eigenvalue weighted by Crippen LogP contribution is -2.34. The molecular formula is C18H30O2. The largest absolute Gasteiger partial charge is 0.362 e. The van der Waals surface area contributed by atoms with Gasteiger partial charge in [-0.2, -0.15) is 0 Å². The summed E-state index contributed by atoms with van der Waals surface area (Å²) in [5, 5.41) is 10.4. The summed E-state index contributed by atoms with van der Waals surface area (Å²) in [5.41, 5.74) is 0. The SMILES string of the molecule is C=CCCCCC(C=C)OC(O)(C=C)CCCCC=C. The van der Waals surface area contributed by atoms with Crippen LogP contribution in [0.3, 0.4) is 0 Å². The Balaban J connectivity index is 4.18. The summed E-state index contributed by atoms with van der Waals surface area (Å²) >= 11 is 0. The van der Waals surface area contributed by atoms with Crippen LogP contribution in [-0.2, 0) is 4.74 Å². The summed E-state index contributed by atoms with van der Waals surface area (Å²) in [6, 6.07) is 0. The van der Waals surface area contributed by atoms with Crippen molar-refractivity contribution in [2.75, 3.05) is 0 Å². The Bertz CT molecular complexity index is 296. The molecule has 0 spiro atoms. The van der Waals surface area contributed by atoms with Crippen LogP contribution < -0.4 is 0 Å². The van der Waals surface area contributed by atoms with Crippen molar-refractivity contribution < 1.29 is 9.84 Å². The van der Waals surface area contributed by atoms with E-state index in [0.29, 0.717) is 6.42 Å². The Morgan fingerprint density at radius 1 is 0.950 bits per heavy atom. The summed E-state index contributed by atoms with van der Waals surface area (Å²) < 4.78 is 5.76. The van der Waals surface area contributed by atoms with Gasteiger partial charge in [-0.25, -0.2) is 0 Å². The summed E-state index contributed by atoms with van der Waals surface area (Å²) in [6.45, 7) is 14.9. The third-order valence-corrected chi connectivity index (χ3v) is 3.28. The van der Waals surface area contributed by atoms with Gasteiger partial charge in [0.15, 0.2) is 5.79 Å². The van der Waals surface area contributed by atoms with E-state index in [1.165, 1.54) is 6.08 Å². The summed E-state index contributed by atoms with van der Waals surface area (Å²) in [6.07, 6.45) is 14.3. The fraction of sp³-hybridized carbons (Fsp3) is 0.556. The zero-order valence-corrected chi connectivity index (χ0v) is 12.7. The molecule has 0 saturated heterocycles. The average Bonchev–Trinajstić information content (AvgIpc) is 2.47. The van der Waals surface area contributed by atoms with Crippen molar-refractivity contribution in [1.29, 1.82) is 0 Å². The van der Waals surface area contributed by atoms with Gasteiger partial charge in [0.05, 0.1) is 6.10 Å². The minimum atomic E-state index is -1.25. The minimum Gasteiger partial charge on any atom is -0.362 e. The van der Waals surface area contributed by atoms with Crippen LogP contribution in [0.15, 0.2) is 50.6 Å². The normalized spacial score (nSPS) is 15.1. The molecule has 20 heavy (non-hydrogen) atoms. The van der Waals surface area contributed by atoms with Crippen LogP contribution in [0.25, 0.3) is 0 Å². The highest BCUT2D eigenvalue weighted by Gasteiger charge is 2.26. The Kier molecular flexibility index (Phi) is 11.0. The van der Waals surface area contributed by atoms with Gasteiger partial charge >= 0.3 is 0 Å². The lowest BCUT2D eigenvalue weighted by molar-refractivity contribution is -0.191. The number of aliphatic hydroxyl groups is 1. The van der Waals surface area contributed by atoms with Crippen molar-refractivity contribution in [3.05, 3.63) is 50.6 Å². The van der Waals surface area contributed by atoms with Crippen molar-refractivity contribution >= 4 is 0 Å². The molecular weight excluding hydrogens is 248 g/mol. The van der Waals surface area contributed by atoms with Crippen LogP contribution in [0.1, 0.15) is 51.4 Å².